The first kappa shape index (κ1) is 38.7. The lowest BCUT2D eigenvalue weighted by molar-refractivity contribution is -0.140. The summed E-state index contributed by atoms with van der Waals surface area (Å²) in [6.45, 7) is 2.40. The summed E-state index contributed by atoms with van der Waals surface area (Å²) in [5.41, 5.74) is 0.698. The third kappa shape index (κ3) is 9.53. The van der Waals surface area contributed by atoms with Crippen molar-refractivity contribution in [2.24, 2.45) is 5.92 Å². The van der Waals surface area contributed by atoms with Gasteiger partial charge in [0.2, 0.25) is 27.7 Å². The van der Waals surface area contributed by atoms with Crippen LogP contribution < -0.4 is 20.1 Å². The van der Waals surface area contributed by atoms with Gasteiger partial charge < -0.3 is 20.3 Å². The average molecular weight is 765 g/mol. The SMILES string of the molecule is Cc1nc2cccc(F)c2nc1O[C@@H]1C[C@@H](C(=O)NCC(=O)NS(=O)(=O)C2(C)CC2)N(C(=O)[C@H](CCCCC/C=C\C2CC2)NC(=O)c2cnccn2)C1. The lowest BCUT2D eigenvalue weighted by Crippen LogP contribution is -2.54. The molecular weight excluding hydrogens is 720 g/mol. The van der Waals surface area contributed by atoms with Crippen molar-refractivity contribution in [3.8, 4) is 5.88 Å². The van der Waals surface area contributed by atoms with Gasteiger partial charge in [0.25, 0.3) is 11.8 Å². The van der Waals surface area contributed by atoms with Crippen molar-refractivity contribution in [2.45, 2.75) is 101 Å². The highest BCUT2D eigenvalue weighted by Crippen LogP contribution is 2.42. The predicted molar refractivity (Wildman–Crippen MR) is 195 cm³/mol. The molecule has 1 aromatic carbocycles. The first-order chi connectivity index (χ1) is 25.8. The van der Waals surface area contributed by atoms with Crippen molar-refractivity contribution < 1.29 is 36.7 Å². The van der Waals surface area contributed by atoms with Crippen LogP contribution in [0.2, 0.25) is 0 Å². The highest BCUT2D eigenvalue weighted by atomic mass is 32.2. The van der Waals surface area contributed by atoms with Gasteiger partial charge in [0.1, 0.15) is 35.1 Å². The number of sulfonamides is 1. The van der Waals surface area contributed by atoms with Crippen LogP contribution in [-0.2, 0) is 24.4 Å². The maximum Gasteiger partial charge on any atom is 0.272 e. The molecule has 3 N–H and O–H groups in total. The Hall–Kier alpha value is -5.06. The van der Waals surface area contributed by atoms with Gasteiger partial charge in [-0.3, -0.25) is 28.9 Å². The maximum atomic E-state index is 14.6. The van der Waals surface area contributed by atoms with E-state index < -0.39 is 68.9 Å². The summed E-state index contributed by atoms with van der Waals surface area (Å²) in [7, 11) is -3.94. The van der Waals surface area contributed by atoms with Gasteiger partial charge in [-0.2, -0.15) is 0 Å². The van der Waals surface area contributed by atoms with Crippen LogP contribution in [0.1, 0.15) is 87.3 Å². The number of hydrogen-bond acceptors (Lipinski definition) is 11. The quantitative estimate of drug-likeness (QED) is 0.135. The zero-order chi connectivity index (χ0) is 38.5. The van der Waals surface area contributed by atoms with E-state index in [-0.39, 0.29) is 36.5 Å². The molecule has 54 heavy (non-hydrogen) atoms. The van der Waals surface area contributed by atoms with Gasteiger partial charge in [0.05, 0.1) is 29.6 Å². The zero-order valence-corrected chi connectivity index (χ0v) is 31.1. The molecule has 3 aromatic rings. The minimum atomic E-state index is -3.94. The smallest absolute Gasteiger partial charge is 0.272 e. The minimum Gasteiger partial charge on any atom is -0.471 e. The molecule has 1 aliphatic heterocycles. The second-order valence-corrected chi connectivity index (χ2v) is 16.6. The van der Waals surface area contributed by atoms with Crippen LogP contribution in [0.3, 0.4) is 0 Å². The molecule has 1 saturated heterocycles. The van der Waals surface area contributed by atoms with Crippen LogP contribution in [0.15, 0.2) is 48.9 Å². The van der Waals surface area contributed by atoms with Gasteiger partial charge in [-0.05, 0) is 76.8 Å². The largest absolute Gasteiger partial charge is 0.471 e. The van der Waals surface area contributed by atoms with E-state index in [2.05, 4.69) is 42.7 Å². The lowest BCUT2D eigenvalue weighted by atomic mass is 10.0. The first-order valence-electron chi connectivity index (χ1n) is 18.3. The van der Waals surface area contributed by atoms with E-state index in [0.29, 0.717) is 36.4 Å². The van der Waals surface area contributed by atoms with Crippen molar-refractivity contribution in [2.75, 3.05) is 13.1 Å². The summed E-state index contributed by atoms with van der Waals surface area (Å²) >= 11 is 0. The van der Waals surface area contributed by atoms with Gasteiger partial charge in [-0.15, -0.1) is 0 Å². The molecular formula is C37H45FN8O7S. The number of carbonyl (C=O) groups is 4. The van der Waals surface area contributed by atoms with E-state index in [1.807, 2.05) is 4.72 Å². The van der Waals surface area contributed by atoms with Crippen LogP contribution in [-0.4, -0.2) is 92.9 Å². The summed E-state index contributed by atoms with van der Waals surface area (Å²) in [4.78, 5) is 72.0. The van der Waals surface area contributed by atoms with Gasteiger partial charge in [-0.1, -0.05) is 31.1 Å². The number of fused-ring (bicyclic) bond motifs is 1. The maximum absolute atomic E-state index is 14.6. The number of likely N-dealkylation sites (tertiary alicyclic amines) is 1. The standard InChI is InChI=1S/C37H45FN8O7S/c1-23-35(44-32-26(38)10-8-12-27(32)42-23)53-25-19-30(34(49)41-21-31(47)45-54(51,52)37(2)15-16-37)46(22-25)36(50)28(43-33(48)29-20-39-17-18-40-29)11-7-5-3-4-6-9-24-13-14-24/h6,8-10,12,17-18,20,24-25,28,30H,3-5,7,11,13-16,19,21-22H2,1-2H3,(H,41,49)(H,43,48)(H,45,47)/b9-6-/t25-,28+,30+/m1/s1. The summed E-state index contributed by atoms with van der Waals surface area (Å²) in [6.07, 6.45) is 14.4. The Morgan fingerprint density at radius 2 is 1.91 bits per heavy atom. The van der Waals surface area contributed by atoms with Crippen molar-refractivity contribution in [3.63, 3.8) is 0 Å². The van der Waals surface area contributed by atoms with Crippen molar-refractivity contribution >= 4 is 44.7 Å². The van der Waals surface area contributed by atoms with Crippen molar-refractivity contribution in [1.29, 1.82) is 0 Å². The number of nitrogens with zero attached hydrogens (tertiary/aromatic N) is 5. The molecule has 4 amide bonds. The topological polar surface area (TPSA) is 203 Å². The van der Waals surface area contributed by atoms with Crippen molar-refractivity contribution in [1.82, 2.24) is 40.2 Å². The number of amides is 4. The van der Waals surface area contributed by atoms with E-state index in [1.54, 1.807) is 13.0 Å². The molecule has 0 bridgehead atoms. The first-order valence-corrected chi connectivity index (χ1v) is 19.8. The van der Waals surface area contributed by atoms with Crippen LogP contribution in [0, 0.1) is 18.7 Å². The number of para-hydroxylation sites is 1. The number of carbonyl (C=O) groups excluding carboxylic acids is 4. The van der Waals surface area contributed by atoms with E-state index in [1.165, 1.54) is 55.4 Å². The second kappa shape index (κ2) is 16.5. The fourth-order valence-electron chi connectivity index (χ4n) is 6.27. The highest BCUT2D eigenvalue weighted by molar-refractivity contribution is 7.91. The van der Waals surface area contributed by atoms with Gasteiger partial charge in [0, 0.05) is 18.8 Å². The second-order valence-electron chi connectivity index (χ2n) is 14.4. The number of unbranched alkanes of at least 4 members (excludes halogenated alkanes) is 3. The Morgan fingerprint density at radius 3 is 2.63 bits per heavy atom. The van der Waals surface area contributed by atoms with E-state index >= 15 is 0 Å². The van der Waals surface area contributed by atoms with Gasteiger partial charge >= 0.3 is 0 Å². The molecule has 3 atom stereocenters. The number of aromatic nitrogens is 4. The van der Waals surface area contributed by atoms with Crippen LogP contribution in [0.5, 0.6) is 5.88 Å². The Labute approximate surface area is 313 Å². The molecule has 2 saturated carbocycles. The molecule has 17 heteroatoms. The third-order valence-corrected chi connectivity index (χ3v) is 12.2. The number of rotatable bonds is 17. The molecule has 2 aromatic heterocycles. The average Bonchev–Trinajstić information content (AvgIpc) is 4.08. The molecule has 3 heterocycles. The molecule has 0 spiro atoms. The fourth-order valence-corrected chi connectivity index (χ4v) is 7.53. The summed E-state index contributed by atoms with van der Waals surface area (Å²) in [5.74, 6) is -2.72. The molecule has 288 valence electrons. The fraction of sp³-hybridized carbons (Fsp3) is 0.514. The predicted octanol–water partition coefficient (Wildman–Crippen LogP) is 3.05. The molecule has 3 fully saturated rings. The molecule has 0 radical (unpaired) electrons. The molecule has 3 aliphatic rings. The zero-order valence-electron chi connectivity index (χ0n) is 30.3. The molecule has 6 rings (SSSR count). The summed E-state index contributed by atoms with van der Waals surface area (Å²) < 4.78 is 46.9. The number of allylic oxidation sites excluding steroid dienone is 2. The number of halogens is 1. The lowest BCUT2D eigenvalue weighted by Gasteiger charge is -2.28. The number of benzene rings is 1. The minimum absolute atomic E-state index is 0.00541. The van der Waals surface area contributed by atoms with E-state index in [9.17, 15) is 32.0 Å². The summed E-state index contributed by atoms with van der Waals surface area (Å²) in [5, 5.41) is 5.24. The van der Waals surface area contributed by atoms with Gasteiger partial charge in [0.15, 0.2) is 5.82 Å². The number of hydrogen-bond donors (Lipinski definition) is 3. The Balaban J connectivity index is 1.19. The number of ether oxygens (including phenoxy) is 1. The van der Waals surface area contributed by atoms with Crippen LogP contribution in [0.25, 0.3) is 11.0 Å². The summed E-state index contributed by atoms with van der Waals surface area (Å²) in [6, 6.07) is 2.15. The monoisotopic (exact) mass is 764 g/mol. The van der Waals surface area contributed by atoms with Gasteiger partial charge in [-0.25, -0.2) is 27.8 Å². The number of nitrogens with one attached hydrogen (secondary N) is 3. The normalized spacial score (nSPS) is 19.7. The van der Waals surface area contributed by atoms with E-state index in [4.69, 9.17) is 4.74 Å². The van der Waals surface area contributed by atoms with E-state index in [0.717, 1.165) is 19.3 Å². The van der Waals surface area contributed by atoms with Crippen LogP contribution in [0.4, 0.5) is 4.39 Å². The third-order valence-electron chi connectivity index (χ3n) is 9.97. The highest BCUT2D eigenvalue weighted by Gasteiger charge is 2.51. The Morgan fingerprint density at radius 1 is 1.11 bits per heavy atom. The molecule has 15 nitrogen and oxygen atoms in total. The van der Waals surface area contributed by atoms with Crippen LogP contribution >= 0.6 is 0 Å². The van der Waals surface area contributed by atoms with Crippen molar-refractivity contribution in [3.05, 3.63) is 66.1 Å². The number of aryl methyl sites for hydroxylation is 1. The molecule has 2 aliphatic carbocycles. The Bertz CT molecular complexity index is 2020. The molecule has 0 unspecified atom stereocenters. The Kier molecular flexibility index (Phi) is 11.8.